The Hall–Kier alpha value is -1.52. The summed E-state index contributed by atoms with van der Waals surface area (Å²) in [6.45, 7) is 4.96. The van der Waals surface area contributed by atoms with Crippen molar-refractivity contribution in [2.45, 2.75) is 12.8 Å². The van der Waals surface area contributed by atoms with Gasteiger partial charge in [-0.3, -0.25) is 4.79 Å². The molecule has 2 amide bonds. The van der Waals surface area contributed by atoms with E-state index in [1.54, 1.807) is 16.8 Å². The number of unbranched alkanes of at least 4 members (excludes halogenated alkanes) is 1. The van der Waals surface area contributed by atoms with Crippen LogP contribution in [0.2, 0.25) is 0 Å². The van der Waals surface area contributed by atoms with E-state index in [0.717, 1.165) is 12.8 Å². The van der Waals surface area contributed by atoms with Crippen molar-refractivity contribution in [1.29, 1.82) is 0 Å². The molecule has 0 aromatic heterocycles. The lowest BCUT2D eigenvalue weighted by Crippen LogP contribution is -2.56. The molecular formula is C11H18N2O3. The number of likely N-dealkylation sites (tertiary alicyclic amines) is 1. The normalized spacial score (nSPS) is 15.4. The number of hydrogen-bond acceptors (Lipinski definition) is 2. The van der Waals surface area contributed by atoms with E-state index in [1.807, 2.05) is 6.08 Å². The standard InChI is InChI=1S/C11H18N2O3/c1-3-4-5-6-12(2)11(16)13-7-9(8-13)10(14)15/h3,9H,1,4-8H2,2H3,(H,14,15). The number of urea groups is 1. The Morgan fingerprint density at radius 1 is 1.56 bits per heavy atom. The smallest absolute Gasteiger partial charge is 0.319 e. The van der Waals surface area contributed by atoms with Crippen molar-refractivity contribution in [1.82, 2.24) is 9.80 Å². The molecular weight excluding hydrogens is 208 g/mol. The number of carbonyl (C=O) groups is 2. The third-order valence-electron chi connectivity index (χ3n) is 2.73. The van der Waals surface area contributed by atoms with E-state index in [4.69, 9.17) is 5.11 Å². The van der Waals surface area contributed by atoms with Gasteiger partial charge in [-0.15, -0.1) is 6.58 Å². The highest BCUT2D eigenvalue weighted by Gasteiger charge is 2.36. The van der Waals surface area contributed by atoms with Crippen LogP contribution >= 0.6 is 0 Å². The quantitative estimate of drug-likeness (QED) is 0.562. The second-order valence-electron chi connectivity index (χ2n) is 4.08. The first-order valence-corrected chi connectivity index (χ1v) is 5.40. The average Bonchev–Trinajstić information content (AvgIpc) is 2.14. The Balaban J connectivity index is 2.25. The summed E-state index contributed by atoms with van der Waals surface area (Å²) < 4.78 is 0. The first-order valence-electron chi connectivity index (χ1n) is 5.40. The largest absolute Gasteiger partial charge is 0.481 e. The highest BCUT2D eigenvalue weighted by Crippen LogP contribution is 2.17. The molecule has 16 heavy (non-hydrogen) atoms. The average molecular weight is 226 g/mol. The summed E-state index contributed by atoms with van der Waals surface area (Å²) in [5.74, 6) is -1.20. The van der Waals surface area contributed by atoms with Crippen molar-refractivity contribution in [2.24, 2.45) is 5.92 Å². The van der Waals surface area contributed by atoms with Gasteiger partial charge in [-0.25, -0.2) is 4.79 Å². The molecule has 90 valence electrons. The van der Waals surface area contributed by atoms with Gasteiger partial charge < -0.3 is 14.9 Å². The first-order chi connectivity index (χ1) is 7.56. The van der Waals surface area contributed by atoms with Crippen LogP contribution < -0.4 is 0 Å². The van der Waals surface area contributed by atoms with E-state index in [0.29, 0.717) is 19.6 Å². The molecule has 0 radical (unpaired) electrons. The minimum atomic E-state index is -0.821. The SMILES string of the molecule is C=CCCCN(C)C(=O)N1CC(C(=O)O)C1. The summed E-state index contributed by atoms with van der Waals surface area (Å²) in [6, 6.07) is -0.0819. The number of nitrogens with zero attached hydrogens (tertiary/aromatic N) is 2. The van der Waals surface area contributed by atoms with Gasteiger partial charge in [0.2, 0.25) is 0 Å². The number of aliphatic carboxylic acids is 1. The summed E-state index contributed by atoms with van der Waals surface area (Å²) in [7, 11) is 1.74. The van der Waals surface area contributed by atoms with E-state index in [2.05, 4.69) is 6.58 Å². The molecule has 1 rings (SSSR count). The Morgan fingerprint density at radius 2 is 2.19 bits per heavy atom. The van der Waals surface area contributed by atoms with Gasteiger partial charge in [0.15, 0.2) is 0 Å². The molecule has 0 bridgehead atoms. The van der Waals surface area contributed by atoms with Crippen LogP contribution in [0.4, 0.5) is 4.79 Å². The lowest BCUT2D eigenvalue weighted by Gasteiger charge is -2.38. The van der Waals surface area contributed by atoms with Gasteiger partial charge in [0.05, 0.1) is 5.92 Å². The zero-order valence-corrected chi connectivity index (χ0v) is 9.56. The maximum absolute atomic E-state index is 11.7. The lowest BCUT2D eigenvalue weighted by molar-refractivity contribution is -0.146. The molecule has 5 heteroatoms. The fraction of sp³-hybridized carbons (Fsp3) is 0.636. The Morgan fingerprint density at radius 3 is 2.69 bits per heavy atom. The zero-order chi connectivity index (χ0) is 12.1. The minimum Gasteiger partial charge on any atom is -0.481 e. The van der Waals surface area contributed by atoms with Gasteiger partial charge in [0.25, 0.3) is 0 Å². The van der Waals surface area contributed by atoms with Gasteiger partial charge in [0.1, 0.15) is 0 Å². The fourth-order valence-electron chi connectivity index (χ4n) is 1.60. The van der Waals surface area contributed by atoms with E-state index in [9.17, 15) is 9.59 Å². The summed E-state index contributed by atoms with van der Waals surface area (Å²) in [5, 5.41) is 8.68. The Kier molecular flexibility index (Phi) is 4.34. The number of amides is 2. The van der Waals surface area contributed by atoms with Gasteiger partial charge in [-0.1, -0.05) is 6.08 Å². The third kappa shape index (κ3) is 2.98. The number of carboxylic acid groups (broad SMARTS) is 1. The molecule has 0 aromatic rings. The summed E-state index contributed by atoms with van der Waals surface area (Å²) >= 11 is 0. The van der Waals surface area contributed by atoms with E-state index in [1.165, 1.54) is 0 Å². The molecule has 5 nitrogen and oxygen atoms in total. The van der Waals surface area contributed by atoms with Crippen LogP contribution in [0.3, 0.4) is 0 Å². The van der Waals surface area contributed by atoms with Crippen molar-refractivity contribution in [3.63, 3.8) is 0 Å². The van der Waals surface area contributed by atoms with Gasteiger partial charge in [-0.05, 0) is 12.8 Å². The molecule has 0 saturated carbocycles. The van der Waals surface area contributed by atoms with Crippen molar-refractivity contribution < 1.29 is 14.7 Å². The van der Waals surface area contributed by atoms with Crippen LogP contribution in [0.15, 0.2) is 12.7 Å². The highest BCUT2D eigenvalue weighted by molar-refractivity contribution is 5.79. The topological polar surface area (TPSA) is 60.9 Å². The van der Waals surface area contributed by atoms with Crippen molar-refractivity contribution >= 4 is 12.0 Å². The summed E-state index contributed by atoms with van der Waals surface area (Å²) in [5.41, 5.74) is 0. The van der Waals surface area contributed by atoms with Crippen LogP contribution in [-0.4, -0.2) is 53.6 Å². The second-order valence-corrected chi connectivity index (χ2v) is 4.08. The minimum absolute atomic E-state index is 0.0819. The molecule has 1 N–H and O–H groups in total. The van der Waals surface area contributed by atoms with Crippen molar-refractivity contribution in [3.05, 3.63) is 12.7 Å². The van der Waals surface area contributed by atoms with Gasteiger partial charge in [-0.2, -0.15) is 0 Å². The molecule has 1 saturated heterocycles. The molecule has 0 unspecified atom stereocenters. The molecule has 0 aromatic carbocycles. The van der Waals surface area contributed by atoms with Crippen molar-refractivity contribution in [3.8, 4) is 0 Å². The maximum Gasteiger partial charge on any atom is 0.319 e. The molecule has 1 aliphatic heterocycles. The number of carboxylic acids is 1. The number of allylic oxidation sites excluding steroid dienone is 1. The predicted molar refractivity (Wildman–Crippen MR) is 60.2 cm³/mol. The van der Waals surface area contributed by atoms with E-state index in [-0.39, 0.29) is 11.9 Å². The second kappa shape index (κ2) is 5.53. The molecule has 1 aliphatic rings. The van der Waals surface area contributed by atoms with Gasteiger partial charge >= 0.3 is 12.0 Å². The third-order valence-corrected chi connectivity index (χ3v) is 2.73. The predicted octanol–water partition coefficient (Wildman–Crippen LogP) is 1.02. The van der Waals surface area contributed by atoms with Crippen LogP contribution in [0.25, 0.3) is 0 Å². The highest BCUT2D eigenvalue weighted by atomic mass is 16.4. The van der Waals surface area contributed by atoms with Crippen LogP contribution in [-0.2, 0) is 4.79 Å². The summed E-state index contributed by atoms with van der Waals surface area (Å²) in [4.78, 5) is 25.5. The van der Waals surface area contributed by atoms with Crippen molar-refractivity contribution in [2.75, 3.05) is 26.7 Å². The molecule has 0 atom stereocenters. The number of rotatable bonds is 5. The van der Waals surface area contributed by atoms with Crippen LogP contribution in [0.5, 0.6) is 0 Å². The summed E-state index contributed by atoms with van der Waals surface area (Å²) in [6.07, 6.45) is 3.60. The number of hydrogen-bond donors (Lipinski definition) is 1. The molecule has 0 spiro atoms. The van der Waals surface area contributed by atoms with E-state index >= 15 is 0 Å². The maximum atomic E-state index is 11.7. The first kappa shape index (κ1) is 12.5. The fourth-order valence-corrected chi connectivity index (χ4v) is 1.60. The molecule has 1 fully saturated rings. The van der Waals surface area contributed by atoms with E-state index < -0.39 is 5.97 Å². The zero-order valence-electron chi connectivity index (χ0n) is 9.56. The Bertz CT molecular complexity index is 285. The Labute approximate surface area is 95.3 Å². The molecule has 1 heterocycles. The van der Waals surface area contributed by atoms with Gasteiger partial charge in [0, 0.05) is 26.7 Å². The van der Waals surface area contributed by atoms with Crippen LogP contribution in [0, 0.1) is 5.92 Å². The number of carbonyl (C=O) groups excluding carboxylic acids is 1. The van der Waals surface area contributed by atoms with Crippen LogP contribution in [0.1, 0.15) is 12.8 Å². The monoisotopic (exact) mass is 226 g/mol. The molecule has 0 aliphatic carbocycles. The lowest BCUT2D eigenvalue weighted by atomic mass is 10.0.